The minimum Gasteiger partial charge on any atom is -0.333 e. The van der Waals surface area contributed by atoms with E-state index in [1.54, 1.807) is 0 Å². The van der Waals surface area contributed by atoms with Crippen molar-refractivity contribution in [3.63, 3.8) is 0 Å². The van der Waals surface area contributed by atoms with Crippen LogP contribution in [0.15, 0.2) is 218 Å². The first kappa shape index (κ1) is 33.6. The smallest absolute Gasteiger partial charge is 0.0713 e. The van der Waals surface area contributed by atoms with Gasteiger partial charge in [-0.25, -0.2) is 0 Å². The molecule has 2 heteroatoms. The molecular weight excluding hydrogens is 707 g/mol. The molecule has 0 saturated heterocycles. The zero-order chi connectivity index (χ0) is 37.8. The maximum Gasteiger partial charge on any atom is 0.0713 e. The number of hydrogen-bond acceptors (Lipinski definition) is 2. The van der Waals surface area contributed by atoms with E-state index in [4.69, 9.17) is 0 Å². The molecule has 0 amide bonds. The predicted molar refractivity (Wildman–Crippen MR) is 243 cm³/mol. The number of allylic oxidation sites excluding steroid dienone is 2. The quantitative estimate of drug-likeness (QED) is 0.157. The van der Waals surface area contributed by atoms with Gasteiger partial charge in [0.05, 0.1) is 21.8 Å². The minimum absolute atomic E-state index is 0.146. The monoisotopic (exact) mass is 745 g/mol. The first-order chi connectivity index (χ1) is 28.3. The zero-order valence-corrected chi connectivity index (χ0v) is 32.2. The van der Waals surface area contributed by atoms with Gasteiger partial charge in [-0.2, -0.15) is 0 Å². The van der Waals surface area contributed by atoms with Crippen LogP contribution in [-0.4, -0.2) is 6.04 Å². The molecule has 1 heterocycles. The van der Waals surface area contributed by atoms with Crippen LogP contribution in [0.4, 0.5) is 11.4 Å². The molecule has 270 valence electrons. The van der Waals surface area contributed by atoms with Crippen molar-refractivity contribution in [1.29, 1.82) is 0 Å². The van der Waals surface area contributed by atoms with E-state index >= 15 is 0 Å². The van der Waals surface area contributed by atoms with Crippen LogP contribution in [0.1, 0.15) is 34.2 Å². The van der Waals surface area contributed by atoms with Gasteiger partial charge in [0.25, 0.3) is 0 Å². The van der Waals surface area contributed by atoms with Gasteiger partial charge in [-0.1, -0.05) is 194 Å². The number of anilines is 2. The van der Waals surface area contributed by atoms with Crippen molar-refractivity contribution in [3.8, 4) is 22.3 Å². The Hall–Kier alpha value is -6.74. The van der Waals surface area contributed by atoms with E-state index in [1.807, 2.05) is 11.3 Å². The average Bonchev–Trinajstić information content (AvgIpc) is 3.83. The summed E-state index contributed by atoms with van der Waals surface area (Å²) in [6, 6.07) is 73.8. The zero-order valence-electron chi connectivity index (χ0n) is 31.4. The van der Waals surface area contributed by atoms with Crippen molar-refractivity contribution in [1.82, 2.24) is 0 Å². The highest BCUT2D eigenvalue weighted by Crippen LogP contribution is 2.56. The number of nitrogens with zero attached hydrogens (tertiary/aromatic N) is 1. The fraction of sp³-hybridized carbons (Fsp3) is 0.0545. The summed E-state index contributed by atoms with van der Waals surface area (Å²) in [5.74, 6) is 0. The number of hydrogen-bond donors (Lipinski definition) is 0. The second-order valence-electron chi connectivity index (χ2n) is 15.1. The summed E-state index contributed by atoms with van der Waals surface area (Å²) in [5.41, 5.74) is 15.0. The van der Waals surface area contributed by atoms with Crippen LogP contribution < -0.4 is 4.90 Å². The SMILES string of the molecule is C1=CC(N(c2ccccc2)c2cccc3c2sc2c(-c4ccccc4)cccc23)CC=C1c1cccc(C2(c3ccccc3)c3ccccc3-c3ccccc32)c1. The van der Waals surface area contributed by atoms with E-state index in [2.05, 4.69) is 223 Å². The normalized spacial score (nSPS) is 15.3. The molecule has 1 nitrogen and oxygen atoms in total. The molecule has 11 rings (SSSR count). The molecule has 1 atom stereocenters. The van der Waals surface area contributed by atoms with E-state index < -0.39 is 5.41 Å². The fourth-order valence-electron chi connectivity index (χ4n) is 9.60. The van der Waals surface area contributed by atoms with Gasteiger partial charge in [0.15, 0.2) is 0 Å². The lowest BCUT2D eigenvalue weighted by molar-refractivity contribution is 0.767. The van der Waals surface area contributed by atoms with Crippen LogP contribution in [0.2, 0.25) is 0 Å². The lowest BCUT2D eigenvalue weighted by Crippen LogP contribution is -2.30. The third kappa shape index (κ3) is 5.36. The van der Waals surface area contributed by atoms with Crippen LogP contribution in [-0.2, 0) is 5.41 Å². The van der Waals surface area contributed by atoms with E-state index in [-0.39, 0.29) is 6.04 Å². The Labute approximate surface area is 338 Å². The second kappa shape index (κ2) is 13.8. The molecule has 0 fully saturated rings. The van der Waals surface area contributed by atoms with Crippen molar-refractivity contribution < 1.29 is 0 Å². The molecule has 0 bridgehead atoms. The highest BCUT2D eigenvalue weighted by molar-refractivity contribution is 7.27. The van der Waals surface area contributed by atoms with E-state index in [0.29, 0.717) is 0 Å². The molecular formula is C55H39NS. The van der Waals surface area contributed by atoms with Crippen molar-refractivity contribution in [2.24, 2.45) is 0 Å². The third-order valence-electron chi connectivity index (χ3n) is 12.1. The number of thiophene rings is 1. The Morgan fingerprint density at radius 1 is 0.474 bits per heavy atom. The Bertz CT molecular complexity index is 2950. The summed E-state index contributed by atoms with van der Waals surface area (Å²) in [5, 5.41) is 2.62. The summed E-state index contributed by atoms with van der Waals surface area (Å²) in [7, 11) is 0. The highest BCUT2D eigenvalue weighted by Gasteiger charge is 2.45. The minimum atomic E-state index is -0.417. The van der Waals surface area contributed by atoms with Gasteiger partial charge in [-0.05, 0) is 86.3 Å². The van der Waals surface area contributed by atoms with Gasteiger partial charge in [0.2, 0.25) is 0 Å². The highest BCUT2D eigenvalue weighted by atomic mass is 32.1. The van der Waals surface area contributed by atoms with Crippen molar-refractivity contribution >= 4 is 48.5 Å². The topological polar surface area (TPSA) is 3.24 Å². The number of rotatable bonds is 7. The summed E-state index contributed by atoms with van der Waals surface area (Å²) in [4.78, 5) is 2.55. The molecule has 8 aromatic carbocycles. The second-order valence-corrected chi connectivity index (χ2v) is 16.1. The van der Waals surface area contributed by atoms with Gasteiger partial charge in [0.1, 0.15) is 0 Å². The van der Waals surface area contributed by atoms with Crippen molar-refractivity contribution in [2.75, 3.05) is 4.90 Å². The third-order valence-corrected chi connectivity index (χ3v) is 13.4. The standard InChI is InChI=1S/C55H39NS/c1-4-17-39(18-5-1)45-27-15-28-48-49-29-16-32-52(54(49)57-53(45)48)56(43-23-8-3-9-24-43)44-35-33-38(34-36-44)40-19-14-22-42(37-40)55(41-20-6-2-7-21-41)50-30-12-10-25-46(50)47-26-11-13-31-51(47)55/h1-35,37,44H,36H2. The number of fused-ring (bicyclic) bond motifs is 6. The van der Waals surface area contributed by atoms with Crippen LogP contribution >= 0.6 is 11.3 Å². The van der Waals surface area contributed by atoms with E-state index in [1.165, 1.54) is 87.2 Å². The van der Waals surface area contributed by atoms with Gasteiger partial charge in [-0.15, -0.1) is 11.3 Å². The largest absolute Gasteiger partial charge is 0.333 e. The maximum absolute atomic E-state index is 2.55. The van der Waals surface area contributed by atoms with E-state index in [9.17, 15) is 0 Å². The van der Waals surface area contributed by atoms with Gasteiger partial charge < -0.3 is 4.90 Å². The van der Waals surface area contributed by atoms with Gasteiger partial charge in [0, 0.05) is 21.2 Å². The van der Waals surface area contributed by atoms with Crippen LogP contribution in [0.5, 0.6) is 0 Å². The Kier molecular flexibility index (Phi) is 8.12. The Morgan fingerprint density at radius 3 is 1.74 bits per heavy atom. The molecule has 1 aromatic heterocycles. The number of para-hydroxylation sites is 1. The summed E-state index contributed by atoms with van der Waals surface area (Å²) >= 11 is 1.91. The molecule has 0 radical (unpaired) electrons. The van der Waals surface area contributed by atoms with Crippen LogP contribution in [0, 0.1) is 0 Å². The molecule has 2 aliphatic carbocycles. The lowest BCUT2D eigenvalue weighted by Gasteiger charge is -2.35. The molecule has 9 aromatic rings. The Balaban J connectivity index is 1.00. The summed E-state index contributed by atoms with van der Waals surface area (Å²) in [6.45, 7) is 0. The first-order valence-electron chi connectivity index (χ1n) is 19.9. The Morgan fingerprint density at radius 2 is 1.04 bits per heavy atom. The lowest BCUT2D eigenvalue weighted by atomic mass is 9.67. The maximum atomic E-state index is 2.55. The first-order valence-corrected chi connectivity index (χ1v) is 20.7. The molecule has 1 unspecified atom stereocenters. The summed E-state index contributed by atoms with van der Waals surface area (Å²) < 4.78 is 2.65. The predicted octanol–water partition coefficient (Wildman–Crippen LogP) is 14.6. The van der Waals surface area contributed by atoms with Gasteiger partial charge >= 0.3 is 0 Å². The van der Waals surface area contributed by atoms with Crippen LogP contribution in [0.25, 0.3) is 48.0 Å². The van der Waals surface area contributed by atoms with Crippen molar-refractivity contribution in [2.45, 2.75) is 17.9 Å². The molecule has 0 saturated carbocycles. The van der Waals surface area contributed by atoms with Gasteiger partial charge in [-0.3, -0.25) is 0 Å². The van der Waals surface area contributed by atoms with Crippen LogP contribution in [0.3, 0.4) is 0 Å². The average molecular weight is 746 g/mol. The van der Waals surface area contributed by atoms with Crippen molar-refractivity contribution in [3.05, 3.63) is 246 Å². The molecule has 0 aliphatic heterocycles. The fourth-order valence-corrected chi connectivity index (χ4v) is 10.9. The van der Waals surface area contributed by atoms with E-state index in [0.717, 1.165) is 6.42 Å². The molecule has 57 heavy (non-hydrogen) atoms. The molecule has 0 spiro atoms. The molecule has 2 aliphatic rings. The number of benzene rings is 8. The molecule has 0 N–H and O–H groups in total. The summed E-state index contributed by atoms with van der Waals surface area (Å²) in [6.07, 6.45) is 8.11.